The van der Waals surface area contributed by atoms with Crippen molar-refractivity contribution < 1.29 is 19.1 Å². The summed E-state index contributed by atoms with van der Waals surface area (Å²) in [5, 5.41) is 5.62. The zero-order chi connectivity index (χ0) is 17.6. The number of hydrogen-bond acceptors (Lipinski definition) is 4. The first-order valence-corrected chi connectivity index (χ1v) is 8.07. The first kappa shape index (κ1) is 17.0. The Morgan fingerprint density at radius 2 is 2.08 bits per heavy atom. The van der Waals surface area contributed by atoms with E-state index in [1.807, 2.05) is 30.3 Å². The number of hydrogen-bond donors (Lipinski definition) is 2. The number of fused-ring (bicyclic) bond motifs is 1. The van der Waals surface area contributed by atoms with Crippen LogP contribution in [0.15, 0.2) is 42.5 Å². The third-order valence-corrected chi connectivity index (χ3v) is 3.86. The Balaban J connectivity index is 1.55. The Morgan fingerprint density at radius 1 is 1.20 bits per heavy atom. The smallest absolute Gasteiger partial charge is 0.262 e. The molecule has 1 aliphatic rings. The normalized spacial score (nSPS) is 12.9. The van der Waals surface area contributed by atoms with E-state index in [0.717, 1.165) is 16.8 Å². The lowest BCUT2D eigenvalue weighted by atomic mass is 10.0. The summed E-state index contributed by atoms with van der Waals surface area (Å²) in [6.45, 7) is 0.408. The van der Waals surface area contributed by atoms with E-state index in [1.165, 1.54) is 0 Å². The first-order valence-electron chi connectivity index (χ1n) is 8.07. The molecule has 2 N–H and O–H groups in total. The zero-order valence-electron chi connectivity index (χ0n) is 14.0. The Labute approximate surface area is 146 Å². The van der Waals surface area contributed by atoms with Gasteiger partial charge in [-0.3, -0.25) is 9.59 Å². The number of amides is 2. The molecular weight excluding hydrogens is 320 g/mol. The highest BCUT2D eigenvalue weighted by Crippen LogP contribution is 2.26. The van der Waals surface area contributed by atoms with Crippen LogP contribution in [0.5, 0.6) is 5.75 Å². The van der Waals surface area contributed by atoms with Crippen molar-refractivity contribution in [2.45, 2.75) is 19.4 Å². The lowest BCUT2D eigenvalue weighted by Gasteiger charge is -2.17. The van der Waals surface area contributed by atoms with Gasteiger partial charge < -0.3 is 20.1 Å². The number of ether oxygens (including phenoxy) is 2. The molecule has 6 heteroatoms. The highest BCUT2D eigenvalue weighted by Gasteiger charge is 2.15. The fourth-order valence-corrected chi connectivity index (χ4v) is 2.70. The quantitative estimate of drug-likeness (QED) is 0.848. The van der Waals surface area contributed by atoms with Crippen LogP contribution in [-0.4, -0.2) is 25.5 Å². The molecule has 0 saturated carbocycles. The minimum atomic E-state index is -0.236. The Bertz CT molecular complexity index is 789. The number of methoxy groups -OCH3 is 1. The van der Waals surface area contributed by atoms with Crippen LogP contribution in [0.1, 0.15) is 17.5 Å². The van der Waals surface area contributed by atoms with Gasteiger partial charge in [-0.1, -0.05) is 12.1 Å². The molecule has 0 aromatic heterocycles. The maximum atomic E-state index is 12.1. The van der Waals surface area contributed by atoms with E-state index in [1.54, 1.807) is 19.2 Å². The number of rotatable bonds is 6. The number of benzene rings is 2. The fourth-order valence-electron chi connectivity index (χ4n) is 2.70. The van der Waals surface area contributed by atoms with Gasteiger partial charge in [0, 0.05) is 24.9 Å². The number of aryl methyl sites for hydroxylation is 1. The molecule has 3 rings (SSSR count). The zero-order valence-corrected chi connectivity index (χ0v) is 14.0. The number of nitrogens with one attached hydrogen (secondary N) is 2. The molecule has 2 aromatic rings. The molecule has 0 bridgehead atoms. The third-order valence-electron chi connectivity index (χ3n) is 3.86. The second-order valence-electron chi connectivity index (χ2n) is 5.84. The Kier molecular flexibility index (Phi) is 5.30. The average Bonchev–Trinajstić information content (AvgIpc) is 2.60. The number of carbonyl (C=O) groups is 2. The molecule has 2 aromatic carbocycles. The minimum absolute atomic E-state index is 0.0243. The first-order chi connectivity index (χ1) is 12.1. The molecule has 0 atom stereocenters. The summed E-state index contributed by atoms with van der Waals surface area (Å²) < 4.78 is 10.6. The summed E-state index contributed by atoms with van der Waals surface area (Å²) in [6.07, 6.45) is 1.14. The molecule has 0 spiro atoms. The molecule has 0 unspecified atom stereocenters. The van der Waals surface area contributed by atoms with E-state index < -0.39 is 0 Å². The lowest BCUT2D eigenvalue weighted by molar-refractivity contribution is -0.118. The van der Waals surface area contributed by atoms with Gasteiger partial charge in [0.05, 0.1) is 6.61 Å². The van der Waals surface area contributed by atoms with Gasteiger partial charge in [0.25, 0.3) is 5.91 Å². The summed E-state index contributed by atoms with van der Waals surface area (Å²) in [5.41, 5.74) is 3.52. The molecule has 0 radical (unpaired) electrons. The van der Waals surface area contributed by atoms with Crippen molar-refractivity contribution in [2.24, 2.45) is 0 Å². The molecule has 130 valence electrons. The van der Waals surface area contributed by atoms with E-state index in [0.29, 0.717) is 30.9 Å². The highest BCUT2D eigenvalue weighted by molar-refractivity contribution is 5.94. The predicted molar refractivity (Wildman–Crippen MR) is 94.7 cm³/mol. The van der Waals surface area contributed by atoms with Crippen LogP contribution < -0.4 is 15.4 Å². The molecule has 0 aliphatic carbocycles. The standard InChI is InChI=1S/C19H20N2O4/c1-24-11-13-3-2-4-15(9-13)20-19(23)12-25-16-6-7-17-14(10-16)5-8-18(22)21-17/h2-4,6-7,9-10H,5,8,11-12H2,1H3,(H,20,23)(H,21,22). The van der Waals surface area contributed by atoms with Gasteiger partial charge in [0.1, 0.15) is 5.75 Å². The lowest BCUT2D eigenvalue weighted by Crippen LogP contribution is -2.21. The summed E-state index contributed by atoms with van der Waals surface area (Å²) in [4.78, 5) is 23.4. The average molecular weight is 340 g/mol. The van der Waals surface area contributed by atoms with E-state index in [9.17, 15) is 9.59 Å². The molecular formula is C19H20N2O4. The van der Waals surface area contributed by atoms with Gasteiger partial charge in [-0.25, -0.2) is 0 Å². The van der Waals surface area contributed by atoms with Gasteiger partial charge in [-0.2, -0.15) is 0 Å². The number of anilines is 2. The number of carbonyl (C=O) groups excluding carboxylic acids is 2. The summed E-state index contributed by atoms with van der Waals surface area (Å²) in [7, 11) is 1.63. The van der Waals surface area contributed by atoms with Crippen LogP contribution in [0, 0.1) is 0 Å². The second kappa shape index (κ2) is 7.81. The maximum Gasteiger partial charge on any atom is 0.262 e. The topological polar surface area (TPSA) is 76.7 Å². The van der Waals surface area contributed by atoms with Crippen LogP contribution in [0.2, 0.25) is 0 Å². The molecule has 2 amide bonds. The van der Waals surface area contributed by atoms with Crippen molar-refractivity contribution in [1.82, 2.24) is 0 Å². The maximum absolute atomic E-state index is 12.1. The van der Waals surface area contributed by atoms with Crippen molar-refractivity contribution in [2.75, 3.05) is 24.4 Å². The predicted octanol–water partition coefficient (Wildman–Crippen LogP) is 2.74. The van der Waals surface area contributed by atoms with Gasteiger partial charge in [-0.15, -0.1) is 0 Å². The molecule has 1 heterocycles. The summed E-state index contributed by atoms with van der Waals surface area (Å²) in [6, 6.07) is 12.9. The fraction of sp³-hybridized carbons (Fsp3) is 0.263. The molecule has 0 fully saturated rings. The second-order valence-corrected chi connectivity index (χ2v) is 5.84. The summed E-state index contributed by atoms with van der Waals surface area (Å²) in [5.74, 6) is 0.398. The van der Waals surface area contributed by atoms with Gasteiger partial charge in [0.2, 0.25) is 5.91 Å². The van der Waals surface area contributed by atoms with Crippen LogP contribution in [0.3, 0.4) is 0 Å². The molecule has 25 heavy (non-hydrogen) atoms. The van der Waals surface area contributed by atoms with Crippen molar-refractivity contribution in [3.8, 4) is 5.75 Å². The van der Waals surface area contributed by atoms with Crippen molar-refractivity contribution >= 4 is 23.2 Å². The molecule has 6 nitrogen and oxygen atoms in total. The Hall–Kier alpha value is -2.86. The summed E-state index contributed by atoms with van der Waals surface area (Å²) >= 11 is 0. The third kappa shape index (κ3) is 4.58. The van der Waals surface area contributed by atoms with Gasteiger partial charge in [-0.05, 0) is 47.9 Å². The van der Waals surface area contributed by atoms with Gasteiger partial charge in [0.15, 0.2) is 6.61 Å². The van der Waals surface area contributed by atoms with E-state index in [4.69, 9.17) is 9.47 Å². The van der Waals surface area contributed by atoms with Crippen LogP contribution >= 0.6 is 0 Å². The largest absolute Gasteiger partial charge is 0.484 e. The van der Waals surface area contributed by atoms with Crippen molar-refractivity contribution in [1.29, 1.82) is 0 Å². The van der Waals surface area contributed by atoms with Crippen molar-refractivity contribution in [3.05, 3.63) is 53.6 Å². The van der Waals surface area contributed by atoms with E-state index in [-0.39, 0.29) is 18.4 Å². The SMILES string of the molecule is COCc1cccc(NC(=O)COc2ccc3c(c2)CCC(=O)N3)c1. The Morgan fingerprint density at radius 3 is 2.92 bits per heavy atom. The molecule has 1 aliphatic heterocycles. The van der Waals surface area contributed by atoms with Crippen LogP contribution in [0.25, 0.3) is 0 Å². The van der Waals surface area contributed by atoms with Crippen LogP contribution in [0.4, 0.5) is 11.4 Å². The molecule has 0 saturated heterocycles. The van der Waals surface area contributed by atoms with Gasteiger partial charge >= 0.3 is 0 Å². The monoisotopic (exact) mass is 340 g/mol. The highest BCUT2D eigenvalue weighted by atomic mass is 16.5. The van der Waals surface area contributed by atoms with E-state index in [2.05, 4.69) is 10.6 Å². The van der Waals surface area contributed by atoms with E-state index >= 15 is 0 Å². The van der Waals surface area contributed by atoms with Crippen molar-refractivity contribution in [3.63, 3.8) is 0 Å². The van der Waals surface area contributed by atoms with Crippen LogP contribution in [-0.2, 0) is 27.4 Å². The minimum Gasteiger partial charge on any atom is -0.484 e.